The molecule has 0 aromatic carbocycles. The zero-order valence-corrected chi connectivity index (χ0v) is 8.25. The summed E-state index contributed by atoms with van der Waals surface area (Å²) < 4.78 is 1.55. The third-order valence-corrected chi connectivity index (χ3v) is 3.43. The summed E-state index contributed by atoms with van der Waals surface area (Å²) in [4.78, 5) is 11.8. The number of hydrogen-bond donors (Lipinski definition) is 0. The third-order valence-electron chi connectivity index (χ3n) is 2.27. The van der Waals surface area contributed by atoms with Crippen LogP contribution in [-0.2, 0) is 7.05 Å². The van der Waals surface area contributed by atoms with Crippen LogP contribution in [0.2, 0.25) is 0 Å². The molecule has 0 spiro atoms. The number of ketones is 1. The number of carbonyl (C=O) groups is 1. The molecule has 0 saturated carbocycles. The zero-order chi connectivity index (χ0) is 9.26. The standard InChI is InChI=1S/C8H11N3OS/c1-11-7(4-9-10-11)8(12)6-2-3-13-5-6/h4,6H,2-3,5H2,1H3. The van der Waals surface area contributed by atoms with E-state index in [0.717, 1.165) is 17.9 Å². The van der Waals surface area contributed by atoms with Gasteiger partial charge in [0.1, 0.15) is 5.69 Å². The molecule has 2 rings (SSSR count). The van der Waals surface area contributed by atoms with E-state index < -0.39 is 0 Å². The van der Waals surface area contributed by atoms with Crippen LogP contribution in [0.5, 0.6) is 0 Å². The number of aryl methyl sites for hydroxylation is 1. The summed E-state index contributed by atoms with van der Waals surface area (Å²) in [5.74, 6) is 2.42. The van der Waals surface area contributed by atoms with Gasteiger partial charge in [-0.2, -0.15) is 11.8 Å². The second kappa shape index (κ2) is 3.49. The van der Waals surface area contributed by atoms with E-state index in [1.807, 2.05) is 11.8 Å². The van der Waals surface area contributed by atoms with Crippen molar-refractivity contribution in [3.63, 3.8) is 0 Å². The molecule has 70 valence electrons. The average Bonchev–Trinajstić information content (AvgIpc) is 2.72. The Kier molecular flexibility index (Phi) is 2.35. The van der Waals surface area contributed by atoms with Crippen molar-refractivity contribution in [2.24, 2.45) is 13.0 Å². The van der Waals surface area contributed by atoms with E-state index >= 15 is 0 Å². The quantitative estimate of drug-likeness (QED) is 0.656. The summed E-state index contributed by atoms with van der Waals surface area (Å²) in [5, 5.41) is 7.45. The number of aromatic nitrogens is 3. The van der Waals surface area contributed by atoms with Gasteiger partial charge in [-0.3, -0.25) is 4.79 Å². The van der Waals surface area contributed by atoms with Gasteiger partial charge in [-0.05, 0) is 12.2 Å². The van der Waals surface area contributed by atoms with Crippen LogP contribution in [0.15, 0.2) is 6.20 Å². The minimum atomic E-state index is 0.183. The maximum absolute atomic E-state index is 11.8. The zero-order valence-electron chi connectivity index (χ0n) is 7.43. The predicted octanol–water partition coefficient (Wildman–Crippen LogP) is 0.751. The van der Waals surface area contributed by atoms with Crippen LogP contribution in [0.25, 0.3) is 0 Å². The van der Waals surface area contributed by atoms with E-state index in [4.69, 9.17) is 0 Å². The lowest BCUT2D eigenvalue weighted by molar-refractivity contribution is 0.0924. The fraction of sp³-hybridized carbons (Fsp3) is 0.625. The van der Waals surface area contributed by atoms with Gasteiger partial charge in [0.2, 0.25) is 0 Å². The molecular formula is C8H11N3OS. The van der Waals surface area contributed by atoms with Gasteiger partial charge in [0.25, 0.3) is 0 Å². The van der Waals surface area contributed by atoms with E-state index in [1.165, 1.54) is 0 Å². The molecule has 0 N–H and O–H groups in total. The molecule has 1 fully saturated rings. The van der Waals surface area contributed by atoms with Gasteiger partial charge < -0.3 is 0 Å². The second-order valence-corrected chi connectivity index (χ2v) is 4.32. The summed E-state index contributed by atoms with van der Waals surface area (Å²) in [5.41, 5.74) is 0.632. The highest BCUT2D eigenvalue weighted by atomic mass is 32.2. The molecular weight excluding hydrogens is 186 g/mol. The molecule has 5 heteroatoms. The van der Waals surface area contributed by atoms with Crippen molar-refractivity contribution in [2.45, 2.75) is 6.42 Å². The molecule has 13 heavy (non-hydrogen) atoms. The van der Waals surface area contributed by atoms with Crippen molar-refractivity contribution in [1.82, 2.24) is 15.0 Å². The Morgan fingerprint density at radius 3 is 3.15 bits per heavy atom. The molecule has 1 aliphatic heterocycles. The van der Waals surface area contributed by atoms with Crippen LogP contribution in [0.4, 0.5) is 0 Å². The lowest BCUT2D eigenvalue weighted by Crippen LogP contribution is -2.17. The first kappa shape index (κ1) is 8.74. The predicted molar refractivity (Wildman–Crippen MR) is 50.8 cm³/mol. The van der Waals surface area contributed by atoms with Crippen molar-refractivity contribution < 1.29 is 4.79 Å². The highest BCUT2D eigenvalue weighted by molar-refractivity contribution is 7.99. The molecule has 4 nitrogen and oxygen atoms in total. The van der Waals surface area contributed by atoms with Crippen molar-refractivity contribution in [1.29, 1.82) is 0 Å². The van der Waals surface area contributed by atoms with Crippen LogP contribution in [0.3, 0.4) is 0 Å². The Bertz CT molecular complexity index is 317. The van der Waals surface area contributed by atoms with Crippen LogP contribution in [0.1, 0.15) is 16.9 Å². The van der Waals surface area contributed by atoms with E-state index in [1.54, 1.807) is 17.9 Å². The number of thioether (sulfide) groups is 1. The van der Waals surface area contributed by atoms with Crippen molar-refractivity contribution in [3.8, 4) is 0 Å². The molecule has 0 bridgehead atoms. The van der Waals surface area contributed by atoms with Gasteiger partial charge in [-0.1, -0.05) is 5.21 Å². The maximum Gasteiger partial charge on any atom is 0.186 e. The number of hydrogen-bond acceptors (Lipinski definition) is 4. The molecule has 1 atom stereocenters. The van der Waals surface area contributed by atoms with Gasteiger partial charge in [-0.25, -0.2) is 4.68 Å². The summed E-state index contributed by atoms with van der Waals surface area (Å²) in [6.45, 7) is 0. The Balaban J connectivity index is 2.17. The van der Waals surface area contributed by atoms with E-state index in [-0.39, 0.29) is 11.7 Å². The van der Waals surface area contributed by atoms with Gasteiger partial charge in [0, 0.05) is 18.7 Å². The summed E-state index contributed by atoms with van der Waals surface area (Å²) in [6.07, 6.45) is 2.54. The number of nitrogens with zero attached hydrogens (tertiary/aromatic N) is 3. The number of rotatable bonds is 2. The Morgan fingerprint density at radius 1 is 1.77 bits per heavy atom. The molecule has 0 amide bonds. The largest absolute Gasteiger partial charge is 0.292 e. The monoisotopic (exact) mass is 197 g/mol. The fourth-order valence-corrected chi connectivity index (χ4v) is 2.68. The summed E-state index contributed by atoms with van der Waals surface area (Å²) in [6, 6.07) is 0. The molecule has 1 unspecified atom stereocenters. The molecule has 0 radical (unpaired) electrons. The van der Waals surface area contributed by atoms with E-state index in [2.05, 4.69) is 10.3 Å². The van der Waals surface area contributed by atoms with Crippen LogP contribution in [-0.4, -0.2) is 32.3 Å². The lowest BCUT2D eigenvalue weighted by atomic mass is 10.0. The first-order valence-electron chi connectivity index (χ1n) is 4.25. The molecule has 1 saturated heterocycles. The van der Waals surface area contributed by atoms with E-state index in [9.17, 15) is 4.79 Å². The van der Waals surface area contributed by atoms with Crippen LogP contribution >= 0.6 is 11.8 Å². The van der Waals surface area contributed by atoms with Gasteiger partial charge >= 0.3 is 0 Å². The van der Waals surface area contributed by atoms with Crippen LogP contribution < -0.4 is 0 Å². The minimum Gasteiger partial charge on any atom is -0.292 e. The van der Waals surface area contributed by atoms with Gasteiger partial charge in [0.15, 0.2) is 5.78 Å². The maximum atomic E-state index is 11.8. The van der Waals surface area contributed by atoms with Crippen molar-refractivity contribution in [2.75, 3.05) is 11.5 Å². The summed E-state index contributed by atoms with van der Waals surface area (Å²) in [7, 11) is 1.75. The van der Waals surface area contributed by atoms with Crippen molar-refractivity contribution in [3.05, 3.63) is 11.9 Å². The first-order valence-corrected chi connectivity index (χ1v) is 5.41. The fourth-order valence-electron chi connectivity index (χ4n) is 1.46. The third kappa shape index (κ3) is 1.60. The second-order valence-electron chi connectivity index (χ2n) is 3.17. The molecule has 1 aromatic heterocycles. The van der Waals surface area contributed by atoms with E-state index in [0.29, 0.717) is 5.69 Å². The Labute approximate surface area is 80.7 Å². The number of carbonyl (C=O) groups excluding carboxylic acids is 1. The topological polar surface area (TPSA) is 47.8 Å². The normalized spacial score (nSPS) is 22.1. The average molecular weight is 197 g/mol. The Morgan fingerprint density at radius 2 is 2.62 bits per heavy atom. The molecule has 1 aromatic rings. The van der Waals surface area contributed by atoms with Crippen molar-refractivity contribution >= 4 is 17.5 Å². The van der Waals surface area contributed by atoms with Gasteiger partial charge in [-0.15, -0.1) is 5.10 Å². The SMILES string of the molecule is Cn1nncc1C(=O)C1CCSC1. The molecule has 0 aliphatic carbocycles. The smallest absolute Gasteiger partial charge is 0.186 e. The molecule has 2 heterocycles. The number of Topliss-reactive ketones (excluding diaryl/α,β-unsaturated/α-hetero) is 1. The van der Waals surface area contributed by atoms with Crippen LogP contribution in [0, 0.1) is 5.92 Å². The minimum absolute atomic E-state index is 0.183. The first-order chi connectivity index (χ1) is 6.29. The summed E-state index contributed by atoms with van der Waals surface area (Å²) >= 11 is 1.84. The highest BCUT2D eigenvalue weighted by Gasteiger charge is 2.26. The lowest BCUT2D eigenvalue weighted by Gasteiger charge is -2.05. The Hall–Kier alpha value is -0.840. The molecule has 1 aliphatic rings. The van der Waals surface area contributed by atoms with Gasteiger partial charge in [0.05, 0.1) is 6.20 Å². The highest BCUT2D eigenvalue weighted by Crippen LogP contribution is 2.26.